The molecule has 242 valence electrons. The predicted octanol–water partition coefficient (Wildman–Crippen LogP) is 9.10. The van der Waals surface area contributed by atoms with Gasteiger partial charge in [-0.2, -0.15) is 26.3 Å². The minimum atomic E-state index is -5.01. The van der Waals surface area contributed by atoms with Crippen LogP contribution in [0.5, 0.6) is 0 Å². The lowest BCUT2D eigenvalue weighted by atomic mass is 9.87. The van der Waals surface area contributed by atoms with Gasteiger partial charge >= 0.3 is 18.4 Å². The molecule has 1 amide bonds. The van der Waals surface area contributed by atoms with Crippen LogP contribution in [0.1, 0.15) is 47.4 Å². The van der Waals surface area contributed by atoms with E-state index in [9.17, 15) is 31.1 Å². The second kappa shape index (κ2) is 13.7. The number of likely N-dealkylation sites (tertiary alicyclic amines) is 1. The molecule has 2 fully saturated rings. The number of cyclic esters (lactones) is 1. The maximum Gasteiger partial charge on any atom is 0.416 e. The Bertz CT molecular complexity index is 1450. The zero-order valence-corrected chi connectivity index (χ0v) is 25.5. The van der Waals surface area contributed by atoms with Crippen molar-refractivity contribution in [2.75, 3.05) is 31.6 Å². The number of rotatable bonds is 8. The van der Waals surface area contributed by atoms with Crippen LogP contribution in [0, 0.1) is 0 Å². The van der Waals surface area contributed by atoms with E-state index in [4.69, 9.17) is 27.9 Å². The van der Waals surface area contributed by atoms with E-state index < -0.39 is 48.1 Å². The van der Waals surface area contributed by atoms with Crippen molar-refractivity contribution < 1.29 is 35.9 Å². The van der Waals surface area contributed by atoms with Crippen LogP contribution >= 0.6 is 23.2 Å². The lowest BCUT2D eigenvalue weighted by molar-refractivity contribution is -0.143. The number of benzene rings is 3. The molecule has 2 aliphatic rings. The van der Waals surface area contributed by atoms with Crippen LogP contribution < -0.4 is 5.32 Å². The summed E-state index contributed by atoms with van der Waals surface area (Å²) in [4.78, 5) is 16.6. The summed E-state index contributed by atoms with van der Waals surface area (Å²) in [6, 6.07) is 15.9. The summed E-state index contributed by atoms with van der Waals surface area (Å²) in [5, 5.41) is 4.13. The Kier molecular flexibility index (Phi) is 10.1. The monoisotopic (exact) mass is 673 g/mol. The van der Waals surface area contributed by atoms with Crippen molar-refractivity contribution in [1.29, 1.82) is 0 Å². The number of piperidine rings is 1. The Hall–Kier alpha value is -3.15. The first-order chi connectivity index (χ1) is 21.3. The molecular weight excluding hydrogens is 643 g/mol. The Labute approximate surface area is 267 Å². The van der Waals surface area contributed by atoms with Crippen molar-refractivity contribution in [3.8, 4) is 0 Å². The lowest BCUT2D eigenvalue weighted by Gasteiger charge is -2.42. The van der Waals surface area contributed by atoms with Gasteiger partial charge in [0, 0.05) is 49.9 Å². The molecule has 0 saturated carbocycles. The number of hydrogen-bond donors (Lipinski definition) is 1. The molecule has 5 rings (SSSR count). The number of halogens is 8. The van der Waals surface area contributed by atoms with Crippen LogP contribution in [0.3, 0.4) is 0 Å². The van der Waals surface area contributed by atoms with Crippen LogP contribution in [0.25, 0.3) is 0 Å². The fourth-order valence-electron chi connectivity index (χ4n) is 6.00. The largest absolute Gasteiger partial charge is 0.449 e. The van der Waals surface area contributed by atoms with Gasteiger partial charge in [0.2, 0.25) is 0 Å². The maximum absolute atomic E-state index is 13.6. The Morgan fingerprint density at radius 3 is 2.09 bits per heavy atom. The summed E-state index contributed by atoms with van der Waals surface area (Å²) in [6.07, 6.45) is -8.67. The number of anilines is 1. The molecule has 2 unspecified atom stereocenters. The number of carbonyl (C=O) groups is 1. The number of para-hydroxylation sites is 1. The number of nitrogens with zero attached hydrogens (tertiary/aromatic N) is 2. The van der Waals surface area contributed by atoms with Gasteiger partial charge < -0.3 is 19.9 Å². The average molecular weight is 675 g/mol. The highest BCUT2D eigenvalue weighted by atomic mass is 35.5. The van der Waals surface area contributed by atoms with Crippen LogP contribution in [0.2, 0.25) is 10.0 Å². The summed E-state index contributed by atoms with van der Waals surface area (Å²) >= 11 is 12.4. The first-order valence-electron chi connectivity index (χ1n) is 14.5. The molecule has 3 aromatic rings. The topological polar surface area (TPSA) is 44.8 Å². The number of nitrogens with one attached hydrogen (secondary N) is 1. The Morgan fingerprint density at radius 2 is 1.49 bits per heavy atom. The first-order valence-corrected chi connectivity index (χ1v) is 15.2. The molecule has 5 nitrogen and oxygen atoms in total. The van der Waals surface area contributed by atoms with Crippen molar-refractivity contribution >= 4 is 35.0 Å². The van der Waals surface area contributed by atoms with Crippen molar-refractivity contribution in [2.24, 2.45) is 0 Å². The fraction of sp³-hybridized carbons (Fsp3) is 0.406. The van der Waals surface area contributed by atoms with Gasteiger partial charge in [-0.3, -0.25) is 0 Å². The molecule has 2 aliphatic heterocycles. The lowest BCUT2D eigenvalue weighted by Crippen LogP contribution is -2.51. The number of hydrogen-bond acceptors (Lipinski definition) is 4. The molecule has 45 heavy (non-hydrogen) atoms. The summed E-state index contributed by atoms with van der Waals surface area (Å²) in [7, 11) is 0. The van der Waals surface area contributed by atoms with E-state index in [1.54, 1.807) is 18.2 Å². The summed E-state index contributed by atoms with van der Waals surface area (Å²) in [6.45, 7) is 1.58. The Balaban J connectivity index is 1.38. The highest BCUT2D eigenvalue weighted by molar-refractivity contribution is 6.42. The summed E-state index contributed by atoms with van der Waals surface area (Å²) < 4.78 is 87.0. The molecule has 1 N–H and O–H groups in total. The van der Waals surface area contributed by atoms with E-state index in [0.29, 0.717) is 35.7 Å². The van der Waals surface area contributed by atoms with Gasteiger partial charge in [0.15, 0.2) is 0 Å². The molecule has 2 heterocycles. The van der Waals surface area contributed by atoms with Crippen molar-refractivity contribution in [3.05, 3.63) is 99.0 Å². The van der Waals surface area contributed by atoms with Crippen LogP contribution in [-0.4, -0.2) is 54.2 Å². The molecule has 0 aliphatic carbocycles. The zero-order chi connectivity index (χ0) is 32.4. The zero-order valence-electron chi connectivity index (χ0n) is 24.0. The normalized spacial score (nSPS) is 20.3. The van der Waals surface area contributed by atoms with Crippen molar-refractivity contribution in [2.45, 2.75) is 56.2 Å². The molecule has 0 radical (unpaired) electrons. The van der Waals surface area contributed by atoms with Gasteiger partial charge in [-0.25, -0.2) is 4.79 Å². The van der Waals surface area contributed by atoms with E-state index in [-0.39, 0.29) is 29.3 Å². The van der Waals surface area contributed by atoms with E-state index in [1.807, 2.05) is 30.3 Å². The number of amides is 1. The Morgan fingerprint density at radius 1 is 0.844 bits per heavy atom. The molecule has 2 atom stereocenters. The van der Waals surface area contributed by atoms with Crippen molar-refractivity contribution in [1.82, 2.24) is 9.80 Å². The summed E-state index contributed by atoms with van der Waals surface area (Å²) in [5.74, 6) is -0.456. The van der Waals surface area contributed by atoms with Gasteiger partial charge in [0.1, 0.15) is 6.61 Å². The van der Waals surface area contributed by atoms with E-state index in [2.05, 4.69) is 10.2 Å². The minimum Gasteiger partial charge on any atom is -0.449 e. The molecule has 3 aromatic carbocycles. The molecule has 0 spiro atoms. The number of alkyl halides is 6. The van der Waals surface area contributed by atoms with Gasteiger partial charge in [-0.05, 0) is 72.9 Å². The number of ether oxygens (including phenoxy) is 1. The third-order valence-corrected chi connectivity index (χ3v) is 9.07. The van der Waals surface area contributed by atoms with Gasteiger partial charge in [0.25, 0.3) is 0 Å². The highest BCUT2D eigenvalue weighted by Crippen LogP contribution is 2.39. The molecule has 0 bridgehead atoms. The predicted molar refractivity (Wildman–Crippen MR) is 160 cm³/mol. The third-order valence-electron chi connectivity index (χ3n) is 8.33. The molecule has 13 heteroatoms. The number of carbonyl (C=O) groups excluding carboxylic acids is 1. The fourth-order valence-corrected chi connectivity index (χ4v) is 6.31. The average Bonchev–Trinajstić information content (AvgIpc) is 2.99. The molecule has 0 aromatic heterocycles. The summed E-state index contributed by atoms with van der Waals surface area (Å²) in [5.41, 5.74) is -1.45. The SMILES string of the molecule is O=C1OCC(c2ccc(Cl)c(Cl)c2)C(CCN2CCC(Nc3ccccc3)CC2)N1Cc1cc(C(F)(F)F)cc(C(F)(F)F)c1. The second-order valence-electron chi connectivity index (χ2n) is 11.4. The van der Waals surface area contributed by atoms with Gasteiger partial charge in [-0.15, -0.1) is 0 Å². The van der Waals surface area contributed by atoms with Gasteiger partial charge in [0.05, 0.1) is 21.2 Å². The van der Waals surface area contributed by atoms with Crippen LogP contribution in [0.4, 0.5) is 36.8 Å². The highest BCUT2D eigenvalue weighted by Gasteiger charge is 2.41. The maximum atomic E-state index is 13.6. The van der Waals surface area contributed by atoms with E-state index >= 15 is 0 Å². The quantitative estimate of drug-likeness (QED) is 0.242. The third kappa shape index (κ3) is 8.37. The minimum absolute atomic E-state index is 0.0303. The van der Waals surface area contributed by atoms with Crippen molar-refractivity contribution in [3.63, 3.8) is 0 Å². The smallest absolute Gasteiger partial charge is 0.416 e. The molecular formula is C32H31Cl2F6N3O2. The second-order valence-corrected chi connectivity index (χ2v) is 12.2. The standard InChI is InChI=1S/C32H31Cl2F6N3O2/c33-27-7-6-21(16-28(27)34)26-19-45-30(44)43(18-20-14-22(31(35,36)37)17-23(15-20)32(38,39)40)29(26)10-13-42-11-8-25(9-12-42)41-24-4-2-1-3-5-24/h1-7,14-17,25-26,29,41H,8-13,18-19H2. The van der Waals surface area contributed by atoms with Crippen LogP contribution in [-0.2, 0) is 23.6 Å². The van der Waals surface area contributed by atoms with Gasteiger partial charge in [-0.1, -0.05) is 47.5 Å². The first kappa shape index (κ1) is 33.2. The van der Waals surface area contributed by atoms with E-state index in [1.165, 1.54) is 4.90 Å². The van der Waals surface area contributed by atoms with E-state index in [0.717, 1.165) is 31.6 Å². The van der Waals surface area contributed by atoms with Crippen LogP contribution in [0.15, 0.2) is 66.7 Å². The molecule has 2 saturated heterocycles.